The average Bonchev–Trinajstić information content (AvgIpc) is 2.47. The molecular formula is C18H32O2. The molecule has 0 atom stereocenters. The highest BCUT2D eigenvalue weighted by Crippen LogP contribution is 2.06. The molecule has 20 heavy (non-hydrogen) atoms. The molecule has 0 aromatic heterocycles. The number of hydrogen-bond donors (Lipinski definition) is 0. The molecule has 0 saturated heterocycles. The summed E-state index contributed by atoms with van der Waals surface area (Å²) in [6, 6.07) is 0. The van der Waals surface area contributed by atoms with Crippen LogP contribution in [0.25, 0.3) is 0 Å². The van der Waals surface area contributed by atoms with Crippen molar-refractivity contribution in [2.24, 2.45) is 0 Å². The van der Waals surface area contributed by atoms with E-state index in [4.69, 9.17) is 0 Å². The van der Waals surface area contributed by atoms with Crippen molar-refractivity contribution < 1.29 is 9.53 Å². The zero-order valence-corrected chi connectivity index (χ0v) is 13.4. The second kappa shape index (κ2) is 16.0. The molecule has 0 amide bonds. The number of carbonyl (C=O) groups excluding carboxylic acids is 1. The van der Waals surface area contributed by atoms with Crippen molar-refractivity contribution in [1.29, 1.82) is 0 Å². The summed E-state index contributed by atoms with van der Waals surface area (Å²) in [6.45, 7) is 2.25. The Morgan fingerprint density at radius 2 is 1.35 bits per heavy atom. The predicted molar refractivity (Wildman–Crippen MR) is 86.8 cm³/mol. The normalized spacial score (nSPS) is 11.5. The summed E-state index contributed by atoms with van der Waals surface area (Å²) >= 11 is 0. The first kappa shape index (κ1) is 18.9. The van der Waals surface area contributed by atoms with Gasteiger partial charge in [0, 0.05) is 6.42 Å². The van der Waals surface area contributed by atoms with Crippen LogP contribution in [0.2, 0.25) is 0 Å². The lowest BCUT2D eigenvalue weighted by Gasteiger charge is -1.96. The number of rotatable bonds is 13. The Bertz CT molecular complexity index is 267. The van der Waals surface area contributed by atoms with Gasteiger partial charge in [0.25, 0.3) is 0 Å². The number of ether oxygens (including phenoxy) is 1. The molecule has 0 saturated carbocycles. The van der Waals surface area contributed by atoms with Gasteiger partial charge >= 0.3 is 5.97 Å². The summed E-state index contributed by atoms with van der Waals surface area (Å²) in [6.07, 6.45) is 21.6. The van der Waals surface area contributed by atoms with E-state index in [1.54, 1.807) is 0 Å². The third-order valence-electron chi connectivity index (χ3n) is 3.29. The van der Waals surface area contributed by atoms with Crippen LogP contribution < -0.4 is 0 Å². The predicted octanol–water partition coefficient (Wildman–Crippen LogP) is 5.58. The number of carbonyl (C=O) groups is 1. The van der Waals surface area contributed by atoms with Crippen molar-refractivity contribution in [2.45, 2.75) is 77.6 Å². The van der Waals surface area contributed by atoms with Crippen molar-refractivity contribution >= 4 is 5.97 Å². The quantitative estimate of drug-likeness (QED) is 0.250. The summed E-state index contributed by atoms with van der Waals surface area (Å²) in [4.78, 5) is 10.9. The van der Waals surface area contributed by atoms with E-state index in [2.05, 4.69) is 36.0 Å². The number of methoxy groups -OCH3 is 1. The molecule has 0 spiro atoms. The number of unbranched alkanes of at least 4 members (excludes halogenated alkanes) is 7. The van der Waals surface area contributed by atoms with Crippen molar-refractivity contribution in [1.82, 2.24) is 0 Å². The summed E-state index contributed by atoms with van der Waals surface area (Å²) in [5.74, 6) is -0.111. The molecule has 0 aromatic carbocycles. The van der Waals surface area contributed by atoms with E-state index in [0.717, 1.165) is 25.7 Å². The fraction of sp³-hybridized carbons (Fsp3) is 0.722. The Kier molecular flexibility index (Phi) is 15.2. The smallest absolute Gasteiger partial charge is 0.305 e. The summed E-state index contributed by atoms with van der Waals surface area (Å²) < 4.78 is 4.59. The summed E-state index contributed by atoms with van der Waals surface area (Å²) in [7, 11) is 1.44. The Hall–Kier alpha value is -1.05. The number of esters is 1. The Morgan fingerprint density at radius 3 is 1.95 bits per heavy atom. The van der Waals surface area contributed by atoms with Crippen molar-refractivity contribution in [3.63, 3.8) is 0 Å². The van der Waals surface area contributed by atoms with Crippen LogP contribution in [0.15, 0.2) is 24.3 Å². The minimum absolute atomic E-state index is 0.111. The van der Waals surface area contributed by atoms with Crippen LogP contribution in [0, 0.1) is 0 Å². The van der Waals surface area contributed by atoms with E-state index >= 15 is 0 Å². The first-order valence-electron chi connectivity index (χ1n) is 8.18. The molecule has 0 aliphatic rings. The second-order valence-electron chi connectivity index (χ2n) is 5.19. The lowest BCUT2D eigenvalue weighted by Crippen LogP contribution is -1.98. The van der Waals surface area contributed by atoms with Crippen LogP contribution in [0.3, 0.4) is 0 Å². The van der Waals surface area contributed by atoms with Crippen LogP contribution in [-0.2, 0) is 9.53 Å². The molecule has 116 valence electrons. The van der Waals surface area contributed by atoms with Crippen LogP contribution in [0.1, 0.15) is 77.6 Å². The Labute approximate surface area is 125 Å². The molecular weight excluding hydrogens is 248 g/mol. The highest BCUT2D eigenvalue weighted by atomic mass is 16.5. The van der Waals surface area contributed by atoms with Crippen LogP contribution in [0.5, 0.6) is 0 Å². The molecule has 0 fully saturated rings. The summed E-state index contributed by atoms with van der Waals surface area (Å²) in [5.41, 5.74) is 0. The van der Waals surface area contributed by atoms with Crippen molar-refractivity contribution in [3.05, 3.63) is 24.3 Å². The molecule has 0 radical (unpaired) electrons. The molecule has 2 nitrogen and oxygen atoms in total. The van der Waals surface area contributed by atoms with Crippen molar-refractivity contribution in [2.75, 3.05) is 7.11 Å². The second-order valence-corrected chi connectivity index (χ2v) is 5.19. The molecule has 0 aromatic rings. The topological polar surface area (TPSA) is 26.3 Å². The van der Waals surface area contributed by atoms with Gasteiger partial charge in [-0.15, -0.1) is 0 Å². The highest BCUT2D eigenvalue weighted by Gasteiger charge is 1.96. The molecule has 0 aliphatic heterocycles. The maximum absolute atomic E-state index is 10.9. The molecule has 0 aliphatic carbocycles. The van der Waals surface area contributed by atoms with Gasteiger partial charge in [0.05, 0.1) is 7.11 Å². The monoisotopic (exact) mass is 280 g/mol. The number of allylic oxidation sites excluding steroid dienone is 4. The minimum atomic E-state index is -0.111. The SMILES string of the molecule is CCCCCCC/C=C\CC/C=C\CCCC(=O)OC. The van der Waals surface area contributed by atoms with Crippen LogP contribution in [-0.4, -0.2) is 13.1 Å². The summed E-state index contributed by atoms with van der Waals surface area (Å²) in [5, 5.41) is 0. The maximum Gasteiger partial charge on any atom is 0.305 e. The molecule has 0 bridgehead atoms. The average molecular weight is 280 g/mol. The highest BCUT2D eigenvalue weighted by molar-refractivity contribution is 5.68. The maximum atomic E-state index is 10.9. The van der Waals surface area contributed by atoms with E-state index in [1.165, 1.54) is 45.6 Å². The third kappa shape index (κ3) is 15.0. The van der Waals surface area contributed by atoms with Gasteiger partial charge in [-0.2, -0.15) is 0 Å². The first-order chi connectivity index (χ1) is 9.81. The van der Waals surface area contributed by atoms with Gasteiger partial charge < -0.3 is 4.74 Å². The zero-order chi connectivity index (χ0) is 14.9. The fourth-order valence-electron chi connectivity index (χ4n) is 2.00. The lowest BCUT2D eigenvalue weighted by atomic mass is 10.1. The number of hydrogen-bond acceptors (Lipinski definition) is 2. The molecule has 0 N–H and O–H groups in total. The van der Waals surface area contributed by atoms with E-state index in [-0.39, 0.29) is 5.97 Å². The third-order valence-corrected chi connectivity index (χ3v) is 3.29. The zero-order valence-electron chi connectivity index (χ0n) is 13.4. The van der Waals surface area contributed by atoms with E-state index in [0.29, 0.717) is 6.42 Å². The van der Waals surface area contributed by atoms with Crippen LogP contribution in [0.4, 0.5) is 0 Å². The van der Waals surface area contributed by atoms with E-state index in [9.17, 15) is 4.79 Å². The van der Waals surface area contributed by atoms with Gasteiger partial charge in [0.15, 0.2) is 0 Å². The van der Waals surface area contributed by atoms with E-state index in [1.807, 2.05) is 0 Å². The van der Waals surface area contributed by atoms with Gasteiger partial charge in [-0.05, 0) is 38.5 Å². The van der Waals surface area contributed by atoms with Crippen LogP contribution >= 0.6 is 0 Å². The van der Waals surface area contributed by atoms with Gasteiger partial charge in [-0.3, -0.25) is 4.79 Å². The van der Waals surface area contributed by atoms with Gasteiger partial charge in [0.2, 0.25) is 0 Å². The Balaban J connectivity index is 3.23. The molecule has 2 heteroatoms. The van der Waals surface area contributed by atoms with Gasteiger partial charge in [0.1, 0.15) is 0 Å². The lowest BCUT2D eigenvalue weighted by molar-refractivity contribution is -0.140. The Morgan fingerprint density at radius 1 is 0.800 bits per heavy atom. The fourth-order valence-corrected chi connectivity index (χ4v) is 2.00. The van der Waals surface area contributed by atoms with Crippen molar-refractivity contribution in [3.8, 4) is 0 Å². The van der Waals surface area contributed by atoms with Gasteiger partial charge in [-0.1, -0.05) is 56.9 Å². The largest absolute Gasteiger partial charge is 0.469 e. The molecule has 0 unspecified atom stereocenters. The standard InChI is InChI=1S/C18H32O2/c1-3-4-5-6-7-8-9-10-11-12-13-14-15-16-17-18(19)20-2/h9-10,13-14H,3-8,11-12,15-17H2,1-2H3/b10-9-,14-13-. The van der Waals surface area contributed by atoms with E-state index < -0.39 is 0 Å². The minimum Gasteiger partial charge on any atom is -0.469 e. The van der Waals surface area contributed by atoms with Gasteiger partial charge in [-0.25, -0.2) is 0 Å². The first-order valence-corrected chi connectivity index (χ1v) is 8.18. The molecule has 0 heterocycles. The molecule has 0 rings (SSSR count).